The summed E-state index contributed by atoms with van der Waals surface area (Å²) in [5.74, 6) is 0.550. The lowest BCUT2D eigenvalue weighted by Crippen LogP contribution is -2.57. The molecule has 0 radical (unpaired) electrons. The molecule has 0 spiro atoms. The van der Waals surface area contributed by atoms with E-state index < -0.39 is 0 Å². The van der Waals surface area contributed by atoms with Gasteiger partial charge in [-0.1, -0.05) is 15.9 Å². The predicted octanol–water partition coefficient (Wildman–Crippen LogP) is 2.15. The molecular weight excluding hydrogens is 332 g/mol. The standard InChI is InChI=1S/C15H17BrN4O/c16-10-1-2-12-11(7-10)14(19-18-12)15(21)17-13-8-20-5-3-9(13)4-6-20/h1-2,7,9,13H,3-6,8H2,(H,17,21)(H,18,19)/t13-/m0/s1. The maximum absolute atomic E-state index is 12.5. The van der Waals surface area contributed by atoms with Crippen LogP contribution < -0.4 is 5.32 Å². The lowest BCUT2D eigenvalue weighted by Gasteiger charge is -2.44. The van der Waals surface area contributed by atoms with E-state index in [1.807, 2.05) is 18.2 Å². The van der Waals surface area contributed by atoms with E-state index in [0.717, 1.165) is 21.9 Å². The molecule has 3 fully saturated rings. The number of benzene rings is 1. The van der Waals surface area contributed by atoms with Crippen molar-refractivity contribution in [1.29, 1.82) is 0 Å². The number of carbonyl (C=O) groups excluding carboxylic acids is 1. The van der Waals surface area contributed by atoms with E-state index in [9.17, 15) is 4.79 Å². The Labute approximate surface area is 131 Å². The smallest absolute Gasteiger partial charge is 0.272 e. The van der Waals surface area contributed by atoms with Crippen molar-refractivity contribution in [3.05, 3.63) is 28.4 Å². The van der Waals surface area contributed by atoms with Crippen LogP contribution in [-0.4, -0.2) is 46.7 Å². The Morgan fingerprint density at radius 1 is 1.38 bits per heavy atom. The summed E-state index contributed by atoms with van der Waals surface area (Å²) >= 11 is 3.45. The predicted molar refractivity (Wildman–Crippen MR) is 84.2 cm³/mol. The topological polar surface area (TPSA) is 61.0 Å². The Balaban J connectivity index is 1.57. The molecule has 1 atom stereocenters. The molecule has 1 aromatic carbocycles. The number of rotatable bonds is 2. The third-order valence-corrected chi connectivity index (χ3v) is 5.21. The first-order valence-corrected chi connectivity index (χ1v) is 8.17. The minimum Gasteiger partial charge on any atom is -0.346 e. The lowest BCUT2D eigenvalue weighted by atomic mass is 9.84. The number of carbonyl (C=O) groups is 1. The Morgan fingerprint density at radius 3 is 2.90 bits per heavy atom. The second-order valence-electron chi connectivity index (χ2n) is 5.98. The van der Waals surface area contributed by atoms with E-state index in [0.29, 0.717) is 11.6 Å². The van der Waals surface area contributed by atoms with E-state index in [4.69, 9.17) is 0 Å². The van der Waals surface area contributed by atoms with E-state index >= 15 is 0 Å². The summed E-state index contributed by atoms with van der Waals surface area (Å²) in [6.07, 6.45) is 2.38. The van der Waals surface area contributed by atoms with Gasteiger partial charge in [-0.15, -0.1) is 0 Å². The first-order chi connectivity index (χ1) is 10.2. The molecule has 3 saturated heterocycles. The Bertz CT molecular complexity index is 690. The van der Waals surface area contributed by atoms with Gasteiger partial charge in [0.05, 0.1) is 5.52 Å². The van der Waals surface area contributed by atoms with Gasteiger partial charge in [0.1, 0.15) is 0 Å². The maximum atomic E-state index is 12.5. The van der Waals surface area contributed by atoms with Crippen molar-refractivity contribution >= 4 is 32.7 Å². The van der Waals surface area contributed by atoms with Gasteiger partial charge < -0.3 is 10.2 Å². The van der Waals surface area contributed by atoms with Crippen molar-refractivity contribution in [1.82, 2.24) is 20.4 Å². The molecule has 1 aromatic heterocycles. The number of H-pyrrole nitrogens is 1. The van der Waals surface area contributed by atoms with Crippen LogP contribution in [0.5, 0.6) is 0 Å². The monoisotopic (exact) mass is 348 g/mol. The highest BCUT2D eigenvalue weighted by atomic mass is 79.9. The normalized spacial score (nSPS) is 28.0. The minimum atomic E-state index is -0.0712. The van der Waals surface area contributed by atoms with Gasteiger partial charge in [-0.05, 0) is 50.0 Å². The van der Waals surface area contributed by atoms with E-state index in [1.165, 1.54) is 25.9 Å². The van der Waals surface area contributed by atoms with E-state index in [2.05, 4.69) is 36.3 Å². The van der Waals surface area contributed by atoms with E-state index in [-0.39, 0.29) is 11.9 Å². The molecule has 3 aliphatic rings. The molecule has 6 heteroatoms. The van der Waals surface area contributed by atoms with E-state index in [1.54, 1.807) is 0 Å². The number of fused-ring (bicyclic) bond motifs is 4. The zero-order valence-electron chi connectivity index (χ0n) is 11.6. The van der Waals surface area contributed by atoms with Gasteiger partial charge in [0.25, 0.3) is 5.91 Å². The van der Waals surface area contributed by atoms with Crippen molar-refractivity contribution in [2.45, 2.75) is 18.9 Å². The fourth-order valence-corrected chi connectivity index (χ4v) is 3.89. The molecule has 2 aromatic rings. The van der Waals surface area contributed by atoms with Crippen LogP contribution in [0.1, 0.15) is 23.3 Å². The van der Waals surface area contributed by atoms with Gasteiger partial charge in [0.2, 0.25) is 0 Å². The summed E-state index contributed by atoms with van der Waals surface area (Å²) < 4.78 is 0.952. The molecule has 0 aliphatic carbocycles. The molecule has 3 aliphatic heterocycles. The number of amides is 1. The summed E-state index contributed by atoms with van der Waals surface area (Å²) in [4.78, 5) is 15.0. The first kappa shape index (κ1) is 13.3. The zero-order valence-corrected chi connectivity index (χ0v) is 13.2. The van der Waals surface area contributed by atoms with Crippen LogP contribution in [0.15, 0.2) is 22.7 Å². The number of hydrogen-bond donors (Lipinski definition) is 2. The molecule has 5 nitrogen and oxygen atoms in total. The average Bonchev–Trinajstić information content (AvgIpc) is 2.91. The molecule has 21 heavy (non-hydrogen) atoms. The van der Waals surface area contributed by atoms with Gasteiger partial charge >= 0.3 is 0 Å². The number of aromatic nitrogens is 2. The largest absolute Gasteiger partial charge is 0.346 e. The number of halogens is 1. The number of piperidine rings is 3. The van der Waals surface area contributed by atoms with Gasteiger partial charge in [-0.25, -0.2) is 0 Å². The van der Waals surface area contributed by atoms with Crippen LogP contribution in [0.2, 0.25) is 0 Å². The highest BCUT2D eigenvalue weighted by molar-refractivity contribution is 9.10. The van der Waals surface area contributed by atoms with Crippen LogP contribution in [-0.2, 0) is 0 Å². The average molecular weight is 349 g/mol. The molecular formula is C15H17BrN4O. The first-order valence-electron chi connectivity index (χ1n) is 7.37. The minimum absolute atomic E-state index is 0.0712. The summed E-state index contributed by atoms with van der Waals surface area (Å²) in [6, 6.07) is 6.07. The summed E-state index contributed by atoms with van der Waals surface area (Å²) in [6.45, 7) is 3.33. The van der Waals surface area contributed by atoms with Crippen LogP contribution in [0.25, 0.3) is 10.9 Å². The molecule has 110 valence electrons. The van der Waals surface area contributed by atoms with Crippen molar-refractivity contribution in [2.75, 3.05) is 19.6 Å². The fraction of sp³-hybridized carbons (Fsp3) is 0.467. The third kappa shape index (κ3) is 2.36. The fourth-order valence-electron chi connectivity index (χ4n) is 3.52. The van der Waals surface area contributed by atoms with Crippen molar-refractivity contribution in [2.24, 2.45) is 5.92 Å². The zero-order chi connectivity index (χ0) is 14.4. The number of nitrogens with zero attached hydrogens (tertiary/aromatic N) is 2. The van der Waals surface area contributed by atoms with Crippen molar-refractivity contribution in [3.63, 3.8) is 0 Å². The van der Waals surface area contributed by atoms with Crippen LogP contribution in [0, 0.1) is 5.92 Å². The van der Waals surface area contributed by atoms with Gasteiger partial charge in [0, 0.05) is 22.4 Å². The van der Waals surface area contributed by atoms with Crippen molar-refractivity contribution < 1.29 is 4.79 Å². The lowest BCUT2D eigenvalue weighted by molar-refractivity contribution is 0.0618. The molecule has 0 saturated carbocycles. The highest BCUT2D eigenvalue weighted by Gasteiger charge is 2.35. The summed E-state index contributed by atoms with van der Waals surface area (Å²) in [5, 5.41) is 11.2. The highest BCUT2D eigenvalue weighted by Crippen LogP contribution is 2.28. The van der Waals surface area contributed by atoms with Crippen LogP contribution >= 0.6 is 15.9 Å². The van der Waals surface area contributed by atoms with Crippen LogP contribution in [0.4, 0.5) is 0 Å². The second kappa shape index (κ2) is 5.10. The molecule has 5 rings (SSSR count). The number of nitrogens with one attached hydrogen (secondary N) is 2. The number of hydrogen-bond acceptors (Lipinski definition) is 3. The third-order valence-electron chi connectivity index (χ3n) is 4.71. The van der Waals surface area contributed by atoms with Gasteiger partial charge in [0.15, 0.2) is 5.69 Å². The summed E-state index contributed by atoms with van der Waals surface area (Å²) in [7, 11) is 0. The Morgan fingerprint density at radius 2 is 2.19 bits per heavy atom. The van der Waals surface area contributed by atoms with Gasteiger partial charge in [-0.2, -0.15) is 5.10 Å². The Kier molecular flexibility index (Phi) is 3.23. The number of aromatic amines is 1. The second-order valence-corrected chi connectivity index (χ2v) is 6.90. The molecule has 4 heterocycles. The quantitative estimate of drug-likeness (QED) is 0.874. The molecule has 1 amide bonds. The Hall–Kier alpha value is -1.40. The maximum Gasteiger partial charge on any atom is 0.272 e. The molecule has 0 unspecified atom stereocenters. The SMILES string of the molecule is O=C(N[C@H]1CN2CCC1CC2)c1n[nH]c2ccc(Br)cc12. The van der Waals surface area contributed by atoms with Gasteiger partial charge in [-0.3, -0.25) is 9.89 Å². The summed E-state index contributed by atoms with van der Waals surface area (Å²) in [5.41, 5.74) is 1.38. The molecule has 2 bridgehead atoms. The van der Waals surface area contributed by atoms with Crippen molar-refractivity contribution in [3.8, 4) is 0 Å². The molecule has 2 N–H and O–H groups in total. The van der Waals surface area contributed by atoms with Crippen LogP contribution in [0.3, 0.4) is 0 Å².